The number of hydrogen-bond acceptors (Lipinski definition) is 4. The summed E-state index contributed by atoms with van der Waals surface area (Å²) in [6, 6.07) is 6.02. The molecule has 5 nitrogen and oxygen atoms in total. The summed E-state index contributed by atoms with van der Waals surface area (Å²) < 4.78 is 5.59. The lowest BCUT2D eigenvalue weighted by Crippen LogP contribution is -2.36. The Bertz CT molecular complexity index is 472. The van der Waals surface area contributed by atoms with Crippen LogP contribution in [0.4, 0.5) is 5.69 Å². The molecule has 0 heterocycles. The average molecular weight is 277 g/mol. The van der Waals surface area contributed by atoms with Crippen LogP contribution >= 0.6 is 0 Å². The van der Waals surface area contributed by atoms with E-state index in [1.54, 1.807) is 0 Å². The number of benzene rings is 1. The summed E-state index contributed by atoms with van der Waals surface area (Å²) in [4.78, 5) is 13.7. The van der Waals surface area contributed by atoms with Gasteiger partial charge in [-0.2, -0.15) is 0 Å². The molecule has 0 atom stereocenters. The van der Waals surface area contributed by atoms with Crippen molar-refractivity contribution < 1.29 is 9.53 Å². The Kier molecular flexibility index (Phi) is 4.84. The van der Waals surface area contributed by atoms with Gasteiger partial charge in [0.2, 0.25) is 5.91 Å². The van der Waals surface area contributed by atoms with Gasteiger partial charge in [0.1, 0.15) is 5.75 Å². The van der Waals surface area contributed by atoms with Gasteiger partial charge in [0, 0.05) is 23.8 Å². The third-order valence-electron chi connectivity index (χ3n) is 3.18. The summed E-state index contributed by atoms with van der Waals surface area (Å²) in [5, 5.41) is 2.99. The monoisotopic (exact) mass is 277 g/mol. The molecule has 1 saturated carbocycles. The Balaban J connectivity index is 1.93. The standard InChI is InChI=1S/C15H23N3O2/c1-3-20-14-7-4-12(16)8-11(14)9-18(2)10-15(19)17-13-5-6-13/h4,7-8,13H,3,5-6,9-10,16H2,1-2H3,(H,17,19). The summed E-state index contributed by atoms with van der Waals surface area (Å²) in [5.41, 5.74) is 7.54. The van der Waals surface area contributed by atoms with Crippen LogP contribution in [0.15, 0.2) is 18.2 Å². The predicted octanol–water partition coefficient (Wildman–Crippen LogP) is 1.38. The Morgan fingerprint density at radius 2 is 2.25 bits per heavy atom. The third-order valence-corrected chi connectivity index (χ3v) is 3.18. The Morgan fingerprint density at radius 1 is 1.50 bits per heavy atom. The predicted molar refractivity (Wildman–Crippen MR) is 79.5 cm³/mol. The zero-order valence-electron chi connectivity index (χ0n) is 12.2. The first-order valence-electron chi connectivity index (χ1n) is 7.07. The van der Waals surface area contributed by atoms with Crippen molar-refractivity contribution in [1.82, 2.24) is 10.2 Å². The largest absolute Gasteiger partial charge is 0.494 e. The maximum absolute atomic E-state index is 11.8. The Morgan fingerprint density at radius 3 is 2.90 bits per heavy atom. The number of nitrogens with zero attached hydrogens (tertiary/aromatic N) is 1. The zero-order valence-corrected chi connectivity index (χ0v) is 12.2. The molecule has 0 radical (unpaired) electrons. The summed E-state index contributed by atoms with van der Waals surface area (Å²) in [5.74, 6) is 0.910. The van der Waals surface area contributed by atoms with Crippen molar-refractivity contribution in [2.75, 3.05) is 25.9 Å². The van der Waals surface area contributed by atoms with Gasteiger partial charge >= 0.3 is 0 Å². The number of hydrogen-bond donors (Lipinski definition) is 2. The number of nitrogens with one attached hydrogen (secondary N) is 1. The van der Waals surface area contributed by atoms with E-state index in [4.69, 9.17) is 10.5 Å². The summed E-state index contributed by atoms with van der Waals surface area (Å²) >= 11 is 0. The highest BCUT2D eigenvalue weighted by molar-refractivity contribution is 5.78. The SMILES string of the molecule is CCOc1ccc(N)cc1CN(C)CC(=O)NC1CC1. The molecule has 3 N–H and O–H groups in total. The molecule has 2 rings (SSSR count). The zero-order chi connectivity index (χ0) is 14.5. The summed E-state index contributed by atoms with van der Waals surface area (Å²) in [6.45, 7) is 3.59. The van der Waals surface area contributed by atoms with Crippen LogP contribution in [0.2, 0.25) is 0 Å². The lowest BCUT2D eigenvalue weighted by atomic mass is 10.1. The number of amides is 1. The third kappa shape index (κ3) is 4.42. The van der Waals surface area contributed by atoms with E-state index < -0.39 is 0 Å². The van der Waals surface area contributed by atoms with Gasteiger partial charge in [-0.3, -0.25) is 9.69 Å². The molecule has 0 aromatic heterocycles. The number of anilines is 1. The molecular weight excluding hydrogens is 254 g/mol. The first-order chi connectivity index (χ1) is 9.58. The van der Waals surface area contributed by atoms with Crippen molar-refractivity contribution >= 4 is 11.6 Å². The fraction of sp³-hybridized carbons (Fsp3) is 0.533. The molecule has 110 valence electrons. The van der Waals surface area contributed by atoms with E-state index in [1.807, 2.05) is 37.1 Å². The van der Waals surface area contributed by atoms with Crippen LogP contribution in [0.5, 0.6) is 5.75 Å². The number of rotatable bonds is 7. The molecule has 0 aliphatic heterocycles. The van der Waals surface area contributed by atoms with Gasteiger partial charge in [-0.25, -0.2) is 0 Å². The molecule has 5 heteroatoms. The number of carbonyl (C=O) groups is 1. The van der Waals surface area contributed by atoms with E-state index in [2.05, 4.69) is 5.32 Å². The lowest BCUT2D eigenvalue weighted by molar-refractivity contribution is -0.122. The van der Waals surface area contributed by atoms with Gasteiger partial charge in [-0.15, -0.1) is 0 Å². The minimum absolute atomic E-state index is 0.0804. The minimum Gasteiger partial charge on any atom is -0.494 e. The molecule has 1 fully saturated rings. The van der Waals surface area contributed by atoms with Crippen molar-refractivity contribution in [2.45, 2.75) is 32.4 Å². The van der Waals surface area contributed by atoms with Crippen LogP contribution in [0, 0.1) is 0 Å². The van der Waals surface area contributed by atoms with E-state index in [1.165, 1.54) is 0 Å². The van der Waals surface area contributed by atoms with Gasteiger partial charge in [0.15, 0.2) is 0 Å². The van der Waals surface area contributed by atoms with Crippen LogP contribution in [-0.4, -0.2) is 37.0 Å². The second-order valence-electron chi connectivity index (χ2n) is 5.31. The number of carbonyl (C=O) groups excluding carboxylic acids is 1. The molecule has 1 amide bonds. The summed E-state index contributed by atoms with van der Waals surface area (Å²) in [7, 11) is 1.92. The second kappa shape index (κ2) is 6.61. The molecule has 1 aromatic rings. The molecule has 0 saturated heterocycles. The van der Waals surface area contributed by atoms with Crippen molar-refractivity contribution in [2.24, 2.45) is 0 Å². The summed E-state index contributed by atoms with van der Waals surface area (Å²) in [6.07, 6.45) is 2.22. The van der Waals surface area contributed by atoms with E-state index in [9.17, 15) is 4.79 Å². The van der Waals surface area contributed by atoms with Gasteiger partial charge in [-0.1, -0.05) is 0 Å². The fourth-order valence-electron chi connectivity index (χ4n) is 2.11. The smallest absolute Gasteiger partial charge is 0.234 e. The van der Waals surface area contributed by atoms with E-state index in [0.29, 0.717) is 31.4 Å². The molecule has 0 spiro atoms. The van der Waals surface area contributed by atoms with Gasteiger partial charge < -0.3 is 15.8 Å². The maximum Gasteiger partial charge on any atom is 0.234 e. The Hall–Kier alpha value is -1.75. The lowest BCUT2D eigenvalue weighted by Gasteiger charge is -2.19. The Labute approximate surface area is 120 Å². The minimum atomic E-state index is 0.0804. The van der Waals surface area contributed by atoms with Crippen molar-refractivity contribution in [3.8, 4) is 5.75 Å². The van der Waals surface area contributed by atoms with Crippen LogP contribution in [0.25, 0.3) is 0 Å². The van der Waals surface area contributed by atoms with Crippen LogP contribution in [0.1, 0.15) is 25.3 Å². The quantitative estimate of drug-likeness (QED) is 0.739. The average Bonchev–Trinajstić information content (AvgIpc) is 3.16. The van der Waals surface area contributed by atoms with Crippen molar-refractivity contribution in [3.63, 3.8) is 0 Å². The van der Waals surface area contributed by atoms with Gasteiger partial charge in [0.25, 0.3) is 0 Å². The topological polar surface area (TPSA) is 67.6 Å². The first kappa shape index (κ1) is 14.7. The van der Waals surface area contributed by atoms with Crippen LogP contribution < -0.4 is 15.8 Å². The molecule has 20 heavy (non-hydrogen) atoms. The van der Waals surface area contributed by atoms with E-state index in [-0.39, 0.29) is 5.91 Å². The molecule has 0 bridgehead atoms. The van der Waals surface area contributed by atoms with E-state index in [0.717, 1.165) is 24.2 Å². The molecule has 1 aromatic carbocycles. The van der Waals surface area contributed by atoms with Crippen molar-refractivity contribution in [1.29, 1.82) is 0 Å². The van der Waals surface area contributed by atoms with Crippen LogP contribution in [-0.2, 0) is 11.3 Å². The number of likely N-dealkylation sites (N-methyl/N-ethyl adjacent to an activating group) is 1. The van der Waals surface area contributed by atoms with Gasteiger partial charge in [0.05, 0.1) is 13.2 Å². The van der Waals surface area contributed by atoms with E-state index >= 15 is 0 Å². The highest BCUT2D eigenvalue weighted by atomic mass is 16.5. The number of nitrogens with two attached hydrogens (primary N) is 1. The molecular formula is C15H23N3O2. The maximum atomic E-state index is 11.8. The number of nitrogen functional groups attached to an aromatic ring is 1. The second-order valence-corrected chi connectivity index (χ2v) is 5.31. The highest BCUT2D eigenvalue weighted by Crippen LogP contribution is 2.23. The normalized spacial score (nSPS) is 14.3. The highest BCUT2D eigenvalue weighted by Gasteiger charge is 2.23. The van der Waals surface area contributed by atoms with Crippen molar-refractivity contribution in [3.05, 3.63) is 23.8 Å². The first-order valence-corrected chi connectivity index (χ1v) is 7.07. The van der Waals surface area contributed by atoms with Crippen LogP contribution in [0.3, 0.4) is 0 Å². The number of ether oxygens (including phenoxy) is 1. The fourth-order valence-corrected chi connectivity index (χ4v) is 2.11. The molecule has 0 unspecified atom stereocenters. The molecule has 1 aliphatic carbocycles. The van der Waals surface area contributed by atoms with Gasteiger partial charge in [-0.05, 0) is 45.0 Å². The molecule has 1 aliphatic rings.